The first kappa shape index (κ1) is 22.4. The Morgan fingerprint density at radius 2 is 1.60 bits per heavy atom. The number of anilines is 2. The van der Waals surface area contributed by atoms with Crippen molar-refractivity contribution in [2.45, 2.75) is 12.6 Å². The van der Waals surface area contributed by atoms with Gasteiger partial charge in [0.2, 0.25) is 0 Å². The molecule has 2 N–H and O–H groups in total. The fourth-order valence-electron chi connectivity index (χ4n) is 4.06. The highest BCUT2D eigenvalue weighted by atomic mass is 35.5. The summed E-state index contributed by atoms with van der Waals surface area (Å²) in [5.41, 5.74) is 3.20. The molecule has 9 heteroatoms. The minimum Gasteiger partial charge on any atom is -0.324 e. The van der Waals surface area contributed by atoms with Gasteiger partial charge >= 0.3 is 6.03 Å². The molecule has 35 heavy (non-hydrogen) atoms. The highest BCUT2D eigenvalue weighted by molar-refractivity contribution is 6.30. The lowest BCUT2D eigenvalue weighted by molar-refractivity contribution is -0.120. The van der Waals surface area contributed by atoms with Crippen molar-refractivity contribution in [1.82, 2.24) is 14.5 Å². The number of hydrogen-bond donors (Lipinski definition) is 2. The van der Waals surface area contributed by atoms with Crippen molar-refractivity contribution < 1.29 is 9.59 Å². The van der Waals surface area contributed by atoms with E-state index in [9.17, 15) is 14.4 Å². The van der Waals surface area contributed by atoms with Gasteiger partial charge in [-0.1, -0.05) is 35.9 Å². The number of carbonyl (C=O) groups excluding carboxylic acids is 2. The standard InChI is InChI=1S/C26H20ClN5O3/c27-18-5-7-20(8-6-18)30-26(35)32-16-17-3-1-2-4-22(17)24(32)25(34)29-19-9-11-21(12-10-19)31-14-13-28-15-23(31)33/h1-15,24H,16H2,(H,29,34)(H,30,35)/t24-/m1/s1. The van der Waals surface area contributed by atoms with Crippen molar-refractivity contribution in [1.29, 1.82) is 0 Å². The number of fused-ring (bicyclic) bond motifs is 1. The molecule has 1 aromatic heterocycles. The van der Waals surface area contributed by atoms with Crippen LogP contribution in [0.4, 0.5) is 16.2 Å². The molecule has 3 amide bonds. The normalized spacial score (nSPS) is 14.3. The lowest BCUT2D eigenvalue weighted by Crippen LogP contribution is -2.39. The molecule has 1 aliphatic rings. The summed E-state index contributed by atoms with van der Waals surface area (Å²) in [5.74, 6) is -0.338. The predicted molar refractivity (Wildman–Crippen MR) is 134 cm³/mol. The average molecular weight is 486 g/mol. The highest BCUT2D eigenvalue weighted by Crippen LogP contribution is 2.35. The Bertz CT molecular complexity index is 1450. The molecule has 0 radical (unpaired) electrons. The monoisotopic (exact) mass is 485 g/mol. The number of amides is 3. The van der Waals surface area contributed by atoms with Crippen LogP contribution >= 0.6 is 11.6 Å². The van der Waals surface area contributed by atoms with Gasteiger partial charge in [0.05, 0.1) is 6.20 Å². The minimum atomic E-state index is -0.805. The van der Waals surface area contributed by atoms with Crippen molar-refractivity contribution in [3.8, 4) is 5.69 Å². The Hall–Kier alpha value is -4.43. The molecule has 4 aromatic rings. The maximum atomic E-state index is 13.4. The van der Waals surface area contributed by atoms with Crippen LogP contribution in [0.1, 0.15) is 17.2 Å². The summed E-state index contributed by atoms with van der Waals surface area (Å²) in [4.78, 5) is 43.8. The smallest absolute Gasteiger partial charge is 0.323 e. The number of benzene rings is 3. The van der Waals surface area contributed by atoms with Gasteiger partial charge in [0.1, 0.15) is 6.04 Å². The van der Waals surface area contributed by atoms with Crippen molar-refractivity contribution in [2.24, 2.45) is 0 Å². The van der Waals surface area contributed by atoms with E-state index in [-0.39, 0.29) is 11.5 Å². The van der Waals surface area contributed by atoms with Crippen LogP contribution in [0, 0.1) is 0 Å². The quantitative estimate of drug-likeness (QED) is 0.441. The molecule has 0 saturated heterocycles. The number of halogens is 1. The summed E-state index contributed by atoms with van der Waals surface area (Å²) >= 11 is 5.93. The number of nitrogens with one attached hydrogen (secondary N) is 2. The van der Waals surface area contributed by atoms with Gasteiger partial charge in [-0.15, -0.1) is 0 Å². The summed E-state index contributed by atoms with van der Waals surface area (Å²) in [6, 6.07) is 19.9. The summed E-state index contributed by atoms with van der Waals surface area (Å²) in [5, 5.41) is 6.30. The van der Waals surface area contributed by atoms with Crippen LogP contribution in [0.15, 0.2) is 96.2 Å². The third kappa shape index (κ3) is 4.64. The van der Waals surface area contributed by atoms with Crippen molar-refractivity contribution >= 4 is 34.9 Å². The molecule has 1 atom stereocenters. The molecule has 174 valence electrons. The van der Waals surface area contributed by atoms with E-state index in [4.69, 9.17) is 11.6 Å². The van der Waals surface area contributed by atoms with Gasteiger partial charge < -0.3 is 15.5 Å². The molecule has 5 rings (SSSR count). The third-order valence-corrected chi connectivity index (χ3v) is 6.00. The second kappa shape index (κ2) is 9.44. The van der Waals surface area contributed by atoms with E-state index in [2.05, 4.69) is 15.6 Å². The molecule has 0 spiro atoms. The lowest BCUT2D eigenvalue weighted by Gasteiger charge is -2.25. The van der Waals surface area contributed by atoms with Gasteiger partial charge in [-0.25, -0.2) is 4.79 Å². The molecule has 3 aromatic carbocycles. The Labute approximate surface area is 205 Å². The summed E-state index contributed by atoms with van der Waals surface area (Å²) in [7, 11) is 0. The Balaban J connectivity index is 1.37. The maximum Gasteiger partial charge on any atom is 0.323 e. The van der Waals surface area contributed by atoms with Crippen molar-refractivity contribution in [2.75, 3.05) is 10.6 Å². The van der Waals surface area contributed by atoms with E-state index in [1.165, 1.54) is 21.9 Å². The summed E-state index contributed by atoms with van der Waals surface area (Å²) in [6.45, 7) is 0.303. The summed E-state index contributed by atoms with van der Waals surface area (Å²) < 4.78 is 1.45. The fourth-order valence-corrected chi connectivity index (χ4v) is 4.19. The number of urea groups is 1. The van der Waals surface area contributed by atoms with Crippen LogP contribution in [0.25, 0.3) is 5.69 Å². The third-order valence-electron chi connectivity index (χ3n) is 5.74. The predicted octanol–water partition coefficient (Wildman–Crippen LogP) is 4.61. The van der Waals surface area contributed by atoms with E-state index in [0.717, 1.165) is 11.1 Å². The van der Waals surface area contributed by atoms with Gasteiger partial charge in [-0.3, -0.25) is 19.1 Å². The second-order valence-corrected chi connectivity index (χ2v) is 8.42. The first-order valence-electron chi connectivity index (χ1n) is 10.8. The molecular formula is C26H20ClN5O3. The first-order chi connectivity index (χ1) is 17.0. The number of hydrogen-bond acceptors (Lipinski definition) is 4. The molecule has 1 aliphatic heterocycles. The van der Waals surface area contributed by atoms with Crippen LogP contribution in [-0.2, 0) is 11.3 Å². The molecule has 0 unspecified atom stereocenters. The lowest BCUT2D eigenvalue weighted by atomic mass is 10.0. The second-order valence-electron chi connectivity index (χ2n) is 7.99. The zero-order valence-electron chi connectivity index (χ0n) is 18.4. The van der Waals surface area contributed by atoms with Crippen molar-refractivity contribution in [3.63, 3.8) is 0 Å². The van der Waals surface area contributed by atoms with Gasteiger partial charge in [0.15, 0.2) is 0 Å². The molecule has 8 nitrogen and oxygen atoms in total. The Morgan fingerprint density at radius 3 is 2.34 bits per heavy atom. The number of rotatable bonds is 4. The zero-order valence-corrected chi connectivity index (χ0v) is 19.1. The van der Waals surface area contributed by atoms with E-state index in [1.807, 2.05) is 24.3 Å². The van der Waals surface area contributed by atoms with Crippen LogP contribution in [0.2, 0.25) is 5.02 Å². The Kier molecular flexibility index (Phi) is 6.03. The molecule has 0 aliphatic carbocycles. The SMILES string of the molecule is O=C(Nc1ccc(-n2ccncc2=O)cc1)[C@H]1c2ccccc2CN1C(=O)Nc1ccc(Cl)cc1. The van der Waals surface area contributed by atoms with Gasteiger partial charge in [-0.2, -0.15) is 0 Å². The number of nitrogens with zero attached hydrogens (tertiary/aromatic N) is 3. The average Bonchev–Trinajstić information content (AvgIpc) is 3.26. The van der Waals surface area contributed by atoms with Gasteiger partial charge in [-0.05, 0) is 59.7 Å². The largest absolute Gasteiger partial charge is 0.324 e. The van der Waals surface area contributed by atoms with Crippen LogP contribution in [0.3, 0.4) is 0 Å². The van der Waals surface area contributed by atoms with Crippen LogP contribution < -0.4 is 16.2 Å². The molecule has 2 heterocycles. The molecule has 0 fully saturated rings. The topological polar surface area (TPSA) is 96.3 Å². The van der Waals surface area contributed by atoms with E-state index in [0.29, 0.717) is 28.6 Å². The van der Waals surface area contributed by atoms with Crippen LogP contribution in [0.5, 0.6) is 0 Å². The number of carbonyl (C=O) groups is 2. The van der Waals surface area contributed by atoms with Gasteiger partial charge in [0, 0.05) is 41.0 Å². The zero-order chi connectivity index (χ0) is 24.4. The number of aromatic nitrogens is 2. The van der Waals surface area contributed by atoms with E-state index < -0.39 is 12.1 Å². The summed E-state index contributed by atoms with van der Waals surface area (Å²) in [6.07, 6.45) is 4.33. The van der Waals surface area contributed by atoms with Gasteiger partial charge in [0.25, 0.3) is 11.5 Å². The van der Waals surface area contributed by atoms with Crippen LogP contribution in [-0.4, -0.2) is 26.4 Å². The van der Waals surface area contributed by atoms with E-state index in [1.54, 1.807) is 54.7 Å². The Morgan fingerprint density at radius 1 is 0.914 bits per heavy atom. The first-order valence-corrected chi connectivity index (χ1v) is 11.2. The van der Waals surface area contributed by atoms with E-state index >= 15 is 0 Å². The molecule has 0 bridgehead atoms. The molecular weight excluding hydrogens is 466 g/mol. The molecule has 0 saturated carbocycles. The minimum absolute atomic E-state index is 0.255. The fraction of sp³-hybridized carbons (Fsp3) is 0.0769. The highest BCUT2D eigenvalue weighted by Gasteiger charge is 2.38. The van der Waals surface area contributed by atoms with Crippen molar-refractivity contribution in [3.05, 3.63) is 118 Å². The maximum absolute atomic E-state index is 13.4.